The highest BCUT2D eigenvalue weighted by atomic mass is 35.5. The van der Waals surface area contributed by atoms with Gasteiger partial charge in [-0.1, -0.05) is 47.5 Å². The molecule has 0 spiro atoms. The summed E-state index contributed by atoms with van der Waals surface area (Å²) in [4.78, 5) is 28.7. The normalized spacial score (nSPS) is 13.9. The molecule has 1 aliphatic heterocycles. The molecule has 0 aromatic heterocycles. The van der Waals surface area contributed by atoms with E-state index in [0.29, 0.717) is 16.3 Å². The predicted octanol–water partition coefficient (Wildman–Crippen LogP) is 6.28. The molecule has 3 aromatic rings. The van der Waals surface area contributed by atoms with Gasteiger partial charge in [0, 0.05) is 10.7 Å². The minimum absolute atomic E-state index is 0.272. The van der Waals surface area contributed by atoms with Crippen LogP contribution in [-0.2, 0) is 9.59 Å². The molecule has 0 unspecified atom stereocenters. The second-order valence-corrected chi connectivity index (χ2v) is 8.75. The maximum Gasteiger partial charge on any atom is 0.282 e. The molecule has 1 N–H and O–H groups in total. The number of imide groups is 1. The third kappa shape index (κ3) is 3.71. The van der Waals surface area contributed by atoms with Gasteiger partial charge in [0.15, 0.2) is 0 Å². The second kappa shape index (κ2) is 8.29. The Bertz CT molecular complexity index is 1310. The number of carbonyl (C=O) groups is 2. The summed E-state index contributed by atoms with van der Waals surface area (Å²) in [6, 6.07) is 16.9. The van der Waals surface area contributed by atoms with Crippen LogP contribution in [-0.4, -0.2) is 11.8 Å². The molecule has 0 fully saturated rings. The van der Waals surface area contributed by atoms with Crippen LogP contribution in [0, 0.1) is 34.6 Å². The van der Waals surface area contributed by atoms with Crippen LogP contribution in [0.2, 0.25) is 5.02 Å². The predicted molar refractivity (Wildman–Crippen MR) is 131 cm³/mol. The number of amides is 2. The highest BCUT2D eigenvalue weighted by Crippen LogP contribution is 2.37. The van der Waals surface area contributed by atoms with Crippen molar-refractivity contribution in [3.8, 4) is 0 Å². The van der Waals surface area contributed by atoms with Crippen molar-refractivity contribution in [2.45, 2.75) is 34.6 Å². The van der Waals surface area contributed by atoms with Crippen LogP contribution < -0.4 is 10.2 Å². The third-order valence-electron chi connectivity index (χ3n) is 6.00. The van der Waals surface area contributed by atoms with Crippen molar-refractivity contribution in [3.63, 3.8) is 0 Å². The number of carbonyl (C=O) groups excluding carboxylic acids is 2. The lowest BCUT2D eigenvalue weighted by molar-refractivity contribution is -0.120. The Labute approximate surface area is 193 Å². The molecule has 0 saturated carbocycles. The van der Waals surface area contributed by atoms with E-state index < -0.39 is 0 Å². The smallest absolute Gasteiger partial charge is 0.282 e. The number of anilines is 2. The molecule has 5 heteroatoms. The van der Waals surface area contributed by atoms with Gasteiger partial charge in [0.25, 0.3) is 11.8 Å². The molecule has 0 radical (unpaired) electrons. The van der Waals surface area contributed by atoms with Gasteiger partial charge in [0.05, 0.1) is 11.3 Å². The molecule has 162 valence electrons. The first-order valence-corrected chi connectivity index (χ1v) is 10.9. The Morgan fingerprint density at radius 1 is 0.781 bits per heavy atom. The number of aryl methyl sites for hydroxylation is 4. The average Bonchev–Trinajstić information content (AvgIpc) is 2.96. The van der Waals surface area contributed by atoms with Gasteiger partial charge in [-0.2, -0.15) is 0 Å². The van der Waals surface area contributed by atoms with E-state index in [1.807, 2.05) is 83.1 Å². The zero-order valence-electron chi connectivity index (χ0n) is 18.8. The van der Waals surface area contributed by atoms with Crippen molar-refractivity contribution >= 4 is 40.4 Å². The average molecular weight is 445 g/mol. The molecule has 0 bridgehead atoms. The van der Waals surface area contributed by atoms with Crippen LogP contribution in [0.3, 0.4) is 0 Å². The van der Waals surface area contributed by atoms with E-state index in [0.717, 1.165) is 39.1 Å². The number of rotatable bonds is 4. The van der Waals surface area contributed by atoms with Crippen LogP contribution in [0.1, 0.15) is 33.4 Å². The molecular formula is C27H25ClN2O2. The zero-order valence-corrected chi connectivity index (χ0v) is 19.6. The van der Waals surface area contributed by atoms with Crippen LogP contribution in [0.25, 0.3) is 5.57 Å². The minimum Gasteiger partial charge on any atom is -0.350 e. The van der Waals surface area contributed by atoms with Gasteiger partial charge in [-0.05, 0) is 86.7 Å². The van der Waals surface area contributed by atoms with Crippen molar-refractivity contribution in [2.75, 3.05) is 10.2 Å². The van der Waals surface area contributed by atoms with Crippen LogP contribution in [0.4, 0.5) is 11.4 Å². The lowest BCUT2D eigenvalue weighted by Crippen LogP contribution is -2.33. The highest BCUT2D eigenvalue weighted by molar-refractivity contribution is 6.46. The molecule has 1 aliphatic rings. The topological polar surface area (TPSA) is 49.4 Å². The van der Waals surface area contributed by atoms with E-state index in [4.69, 9.17) is 11.6 Å². The van der Waals surface area contributed by atoms with E-state index in [-0.39, 0.29) is 17.5 Å². The van der Waals surface area contributed by atoms with Crippen LogP contribution in [0.15, 0.2) is 60.3 Å². The first kappa shape index (κ1) is 21.8. The van der Waals surface area contributed by atoms with E-state index in [1.54, 1.807) is 6.07 Å². The Morgan fingerprint density at radius 2 is 1.53 bits per heavy atom. The van der Waals surface area contributed by atoms with Gasteiger partial charge < -0.3 is 5.32 Å². The van der Waals surface area contributed by atoms with Crippen molar-refractivity contribution in [1.29, 1.82) is 0 Å². The van der Waals surface area contributed by atoms with Crippen molar-refractivity contribution in [2.24, 2.45) is 0 Å². The summed E-state index contributed by atoms with van der Waals surface area (Å²) >= 11 is 6.11. The molecule has 4 nitrogen and oxygen atoms in total. The number of hydrogen-bond acceptors (Lipinski definition) is 3. The summed E-state index contributed by atoms with van der Waals surface area (Å²) in [6.07, 6.45) is 0. The fourth-order valence-electron chi connectivity index (χ4n) is 4.09. The molecule has 32 heavy (non-hydrogen) atoms. The monoisotopic (exact) mass is 444 g/mol. The Morgan fingerprint density at radius 3 is 2.22 bits per heavy atom. The van der Waals surface area contributed by atoms with Gasteiger partial charge in [-0.15, -0.1) is 0 Å². The minimum atomic E-state index is -0.368. The van der Waals surface area contributed by atoms with Crippen molar-refractivity contribution < 1.29 is 9.59 Å². The second-order valence-electron chi connectivity index (χ2n) is 8.32. The van der Waals surface area contributed by atoms with Crippen molar-refractivity contribution in [1.82, 2.24) is 0 Å². The maximum absolute atomic E-state index is 13.7. The summed E-state index contributed by atoms with van der Waals surface area (Å²) in [7, 11) is 0. The molecule has 4 rings (SSSR count). The van der Waals surface area contributed by atoms with Gasteiger partial charge in [-0.25, -0.2) is 4.90 Å². The van der Waals surface area contributed by atoms with E-state index in [1.165, 1.54) is 4.90 Å². The number of hydrogen-bond donors (Lipinski definition) is 1. The first-order valence-electron chi connectivity index (χ1n) is 10.5. The summed E-state index contributed by atoms with van der Waals surface area (Å²) in [5, 5.41) is 3.86. The maximum atomic E-state index is 13.7. The van der Waals surface area contributed by atoms with E-state index >= 15 is 0 Å². The molecule has 1 heterocycles. The molecule has 3 aromatic carbocycles. The lowest BCUT2D eigenvalue weighted by atomic mass is 9.97. The first-order chi connectivity index (χ1) is 15.2. The lowest BCUT2D eigenvalue weighted by Gasteiger charge is -2.19. The largest absolute Gasteiger partial charge is 0.350 e. The summed E-state index contributed by atoms with van der Waals surface area (Å²) in [5.74, 6) is -0.696. The molecule has 0 aliphatic carbocycles. The van der Waals surface area contributed by atoms with Gasteiger partial charge in [-0.3, -0.25) is 9.59 Å². The summed E-state index contributed by atoms with van der Waals surface area (Å²) in [6.45, 7) is 9.77. The molecular weight excluding hydrogens is 420 g/mol. The zero-order chi connectivity index (χ0) is 23.2. The Balaban J connectivity index is 1.90. The Kier molecular flexibility index (Phi) is 5.66. The summed E-state index contributed by atoms with van der Waals surface area (Å²) < 4.78 is 0. The van der Waals surface area contributed by atoms with Gasteiger partial charge >= 0.3 is 0 Å². The summed E-state index contributed by atoms with van der Waals surface area (Å²) in [5.41, 5.74) is 7.57. The quantitative estimate of drug-likeness (QED) is 0.482. The number of nitrogens with zero attached hydrogens (tertiary/aromatic N) is 1. The SMILES string of the molecule is Cc1ccc(C2=C(Nc3ccc(Cl)cc3C)C(=O)N(c3cccc(C)c3C)C2=O)c(C)c1. The fraction of sp³-hybridized carbons (Fsp3) is 0.185. The van der Waals surface area contributed by atoms with Crippen molar-refractivity contribution in [3.05, 3.63) is 98.7 Å². The number of nitrogens with one attached hydrogen (secondary N) is 1. The molecule has 2 amide bonds. The van der Waals surface area contributed by atoms with Crippen LogP contribution in [0.5, 0.6) is 0 Å². The molecule has 0 atom stereocenters. The van der Waals surface area contributed by atoms with E-state index in [2.05, 4.69) is 5.32 Å². The standard InChI is InChI=1S/C27H25ClN2O2/c1-15-9-11-21(17(3)13-15)24-25(29-22-12-10-20(28)14-18(22)4)27(32)30(26(24)31)23-8-6-7-16(2)19(23)5/h6-14,29H,1-5H3. The highest BCUT2D eigenvalue weighted by Gasteiger charge is 2.41. The van der Waals surface area contributed by atoms with E-state index in [9.17, 15) is 9.59 Å². The van der Waals surface area contributed by atoms with Crippen LogP contribution >= 0.6 is 11.6 Å². The van der Waals surface area contributed by atoms with Gasteiger partial charge in [0.2, 0.25) is 0 Å². The third-order valence-corrected chi connectivity index (χ3v) is 6.24. The molecule has 0 saturated heterocycles. The fourth-order valence-corrected chi connectivity index (χ4v) is 4.31. The number of benzene rings is 3. The number of halogens is 1. The van der Waals surface area contributed by atoms with Gasteiger partial charge in [0.1, 0.15) is 5.70 Å². The Hall–Kier alpha value is -3.37.